The van der Waals surface area contributed by atoms with Gasteiger partial charge in [0, 0.05) is 6.42 Å². The van der Waals surface area contributed by atoms with Crippen molar-refractivity contribution in [2.45, 2.75) is 50.2 Å². The first-order valence-electron chi connectivity index (χ1n) is 7.36. The van der Waals surface area contributed by atoms with E-state index in [1.807, 2.05) is 0 Å². The number of carboxylic acids is 1. The van der Waals surface area contributed by atoms with Gasteiger partial charge in [-0.05, 0) is 36.8 Å². The Morgan fingerprint density at radius 3 is 2.48 bits per heavy atom. The summed E-state index contributed by atoms with van der Waals surface area (Å²) >= 11 is 0. The van der Waals surface area contributed by atoms with Crippen LogP contribution >= 0.6 is 0 Å². The van der Waals surface area contributed by atoms with Crippen LogP contribution in [0.15, 0.2) is 24.3 Å². The molecule has 1 atom stereocenters. The van der Waals surface area contributed by atoms with Crippen LogP contribution in [0, 0.1) is 0 Å². The second-order valence-electron chi connectivity index (χ2n) is 6.02. The van der Waals surface area contributed by atoms with Crippen LogP contribution in [0.3, 0.4) is 0 Å². The molecule has 0 aliphatic heterocycles. The first-order chi connectivity index (χ1) is 10.6. The molecule has 1 saturated carbocycles. The molecule has 1 unspecified atom stereocenters. The third-order valence-electron chi connectivity index (χ3n) is 4.27. The predicted molar refractivity (Wildman–Crippen MR) is 76.8 cm³/mol. The molecule has 0 aromatic heterocycles. The molecule has 1 aliphatic rings. The maximum Gasteiger partial charge on any atom is 0.416 e. The minimum atomic E-state index is -4.43. The molecule has 0 spiro atoms. The van der Waals surface area contributed by atoms with E-state index >= 15 is 0 Å². The van der Waals surface area contributed by atoms with Crippen LogP contribution < -0.4 is 5.32 Å². The molecule has 1 aromatic carbocycles. The molecule has 0 radical (unpaired) electrons. The predicted octanol–water partition coefficient (Wildman–Crippen LogP) is 3.32. The van der Waals surface area contributed by atoms with Crippen molar-refractivity contribution in [3.05, 3.63) is 35.4 Å². The van der Waals surface area contributed by atoms with Crippen LogP contribution in [0.2, 0.25) is 0 Å². The fraction of sp³-hybridized carbons (Fsp3) is 0.500. The molecule has 1 aliphatic carbocycles. The van der Waals surface area contributed by atoms with Crippen molar-refractivity contribution < 1.29 is 27.9 Å². The highest BCUT2D eigenvalue weighted by Gasteiger charge is 2.45. The summed E-state index contributed by atoms with van der Waals surface area (Å²) in [6, 6.07) is 4.83. The topological polar surface area (TPSA) is 66.4 Å². The number of hydrogen-bond donors (Lipinski definition) is 2. The number of carbonyl (C=O) groups excluding carboxylic acids is 1. The van der Waals surface area contributed by atoms with Crippen LogP contribution in [-0.4, -0.2) is 22.5 Å². The average Bonchev–Trinajstić information content (AvgIpc) is 2.41. The molecule has 0 heterocycles. The van der Waals surface area contributed by atoms with Gasteiger partial charge in [-0.2, -0.15) is 13.2 Å². The van der Waals surface area contributed by atoms with Crippen molar-refractivity contribution >= 4 is 11.9 Å². The van der Waals surface area contributed by atoms with Crippen LogP contribution in [0.5, 0.6) is 0 Å². The van der Waals surface area contributed by atoms with Crippen LogP contribution in [-0.2, 0) is 15.8 Å². The summed E-state index contributed by atoms with van der Waals surface area (Å²) in [5.74, 6) is -1.97. The smallest absolute Gasteiger partial charge is 0.416 e. The Bertz CT molecular complexity index is 609. The van der Waals surface area contributed by atoms with Gasteiger partial charge in [0.05, 0.1) is 5.56 Å². The lowest BCUT2D eigenvalue weighted by atomic mass is 9.76. The quantitative estimate of drug-likeness (QED) is 0.871. The maximum absolute atomic E-state index is 12.7. The molecular formula is C16H18F3NO3. The van der Waals surface area contributed by atoms with E-state index in [0.717, 1.165) is 18.6 Å². The second-order valence-corrected chi connectivity index (χ2v) is 6.02. The summed E-state index contributed by atoms with van der Waals surface area (Å²) in [6.45, 7) is 1.64. The highest BCUT2D eigenvalue weighted by atomic mass is 19.4. The molecular weight excluding hydrogens is 311 g/mol. The zero-order chi connectivity index (χ0) is 17.3. The number of hydrogen-bond acceptors (Lipinski definition) is 2. The highest BCUT2D eigenvalue weighted by molar-refractivity contribution is 5.88. The molecule has 4 nitrogen and oxygen atoms in total. The highest BCUT2D eigenvalue weighted by Crippen LogP contribution is 2.34. The van der Waals surface area contributed by atoms with Crippen molar-refractivity contribution in [1.29, 1.82) is 0 Å². The van der Waals surface area contributed by atoms with E-state index in [2.05, 4.69) is 5.32 Å². The minimum absolute atomic E-state index is 0.0592. The Balaban J connectivity index is 2.03. The number of halogens is 3. The SMILES string of the molecule is CC(CC(=O)NC1(C(=O)O)CCC1)c1cccc(C(F)(F)F)c1. The van der Waals surface area contributed by atoms with Gasteiger partial charge >= 0.3 is 12.1 Å². The lowest BCUT2D eigenvalue weighted by molar-refractivity contribution is -0.151. The van der Waals surface area contributed by atoms with Crippen LogP contribution in [0.1, 0.15) is 49.7 Å². The molecule has 2 rings (SSSR count). The van der Waals surface area contributed by atoms with E-state index in [1.165, 1.54) is 12.1 Å². The number of nitrogens with one attached hydrogen (secondary N) is 1. The molecule has 1 amide bonds. The molecule has 23 heavy (non-hydrogen) atoms. The van der Waals surface area contributed by atoms with Gasteiger partial charge in [-0.25, -0.2) is 4.79 Å². The first kappa shape index (κ1) is 17.3. The van der Waals surface area contributed by atoms with E-state index in [1.54, 1.807) is 6.92 Å². The number of amides is 1. The standard InChI is InChI=1S/C16H18F3NO3/c1-10(11-4-2-5-12(9-11)16(17,18)19)8-13(21)20-15(14(22)23)6-3-7-15/h2,4-5,9-10H,3,6-8H2,1H3,(H,20,21)(H,22,23). The normalized spacial score (nSPS) is 17.9. The number of carbonyl (C=O) groups is 2. The molecule has 1 aromatic rings. The van der Waals surface area contributed by atoms with E-state index in [9.17, 15) is 22.8 Å². The third kappa shape index (κ3) is 3.83. The van der Waals surface area contributed by atoms with E-state index in [-0.39, 0.29) is 6.42 Å². The second kappa shape index (κ2) is 6.22. The number of aliphatic carboxylic acids is 1. The van der Waals surface area contributed by atoms with Crippen LogP contribution in [0.25, 0.3) is 0 Å². The zero-order valence-corrected chi connectivity index (χ0v) is 12.6. The number of carboxylic acid groups (broad SMARTS) is 1. The monoisotopic (exact) mass is 329 g/mol. The van der Waals surface area contributed by atoms with Gasteiger partial charge in [0.25, 0.3) is 0 Å². The Morgan fingerprint density at radius 1 is 1.35 bits per heavy atom. The molecule has 2 N–H and O–H groups in total. The summed E-state index contributed by atoms with van der Waals surface area (Å²) in [7, 11) is 0. The number of rotatable bonds is 5. The van der Waals surface area contributed by atoms with Gasteiger partial charge in [-0.3, -0.25) is 4.79 Å². The van der Waals surface area contributed by atoms with Crippen molar-refractivity contribution in [3.63, 3.8) is 0 Å². The fourth-order valence-electron chi connectivity index (χ4n) is 2.66. The summed E-state index contributed by atoms with van der Waals surface area (Å²) in [4.78, 5) is 23.2. The average molecular weight is 329 g/mol. The number of alkyl halides is 3. The Labute approximate surface area is 131 Å². The zero-order valence-electron chi connectivity index (χ0n) is 12.6. The molecule has 126 valence electrons. The van der Waals surface area contributed by atoms with Crippen molar-refractivity contribution in [2.75, 3.05) is 0 Å². The Kier molecular flexibility index (Phi) is 4.68. The number of benzene rings is 1. The summed E-state index contributed by atoms with van der Waals surface area (Å²) in [5, 5.41) is 11.7. The van der Waals surface area contributed by atoms with Crippen molar-refractivity contribution in [2.24, 2.45) is 0 Å². The van der Waals surface area contributed by atoms with E-state index in [0.29, 0.717) is 18.4 Å². The Hall–Kier alpha value is -2.05. The summed E-state index contributed by atoms with van der Waals surface area (Å²) in [5.41, 5.74) is -1.57. The van der Waals surface area contributed by atoms with E-state index < -0.39 is 35.1 Å². The first-order valence-corrected chi connectivity index (χ1v) is 7.36. The molecule has 0 saturated heterocycles. The maximum atomic E-state index is 12.7. The van der Waals surface area contributed by atoms with Gasteiger partial charge < -0.3 is 10.4 Å². The van der Waals surface area contributed by atoms with Gasteiger partial charge in [0.1, 0.15) is 5.54 Å². The van der Waals surface area contributed by atoms with Gasteiger partial charge in [0.15, 0.2) is 0 Å². The lowest BCUT2D eigenvalue weighted by Gasteiger charge is -2.38. The van der Waals surface area contributed by atoms with Gasteiger partial charge in [-0.15, -0.1) is 0 Å². The molecule has 1 fully saturated rings. The molecule has 0 bridgehead atoms. The summed E-state index contributed by atoms with van der Waals surface area (Å²) in [6.07, 6.45) is -3.00. The van der Waals surface area contributed by atoms with E-state index in [4.69, 9.17) is 5.11 Å². The van der Waals surface area contributed by atoms with Crippen molar-refractivity contribution in [1.82, 2.24) is 5.32 Å². The Morgan fingerprint density at radius 2 is 2.00 bits per heavy atom. The van der Waals surface area contributed by atoms with Gasteiger partial charge in [0.2, 0.25) is 5.91 Å². The fourth-order valence-corrected chi connectivity index (χ4v) is 2.66. The molecule has 7 heteroatoms. The van der Waals surface area contributed by atoms with Gasteiger partial charge in [-0.1, -0.05) is 25.1 Å². The largest absolute Gasteiger partial charge is 0.480 e. The van der Waals surface area contributed by atoms with Crippen LogP contribution in [0.4, 0.5) is 13.2 Å². The van der Waals surface area contributed by atoms with Crippen molar-refractivity contribution in [3.8, 4) is 0 Å². The minimum Gasteiger partial charge on any atom is -0.480 e. The summed E-state index contributed by atoms with van der Waals surface area (Å²) < 4.78 is 38.1. The third-order valence-corrected chi connectivity index (χ3v) is 4.27. The lowest BCUT2D eigenvalue weighted by Crippen LogP contribution is -2.59.